The summed E-state index contributed by atoms with van der Waals surface area (Å²) in [6.45, 7) is 0. The minimum atomic E-state index is 0.936. The number of hydrogen-bond acceptors (Lipinski definition) is 5. The highest BCUT2D eigenvalue weighted by Crippen LogP contribution is 2.35. The first-order valence-electron chi connectivity index (χ1n) is 4.73. The van der Waals surface area contributed by atoms with Crippen LogP contribution in [-0.4, -0.2) is 24.9 Å². The Labute approximate surface area is 93.2 Å². The molecule has 0 aliphatic heterocycles. The largest absolute Gasteiger partial charge is 0.344 e. The fourth-order valence-corrected chi connectivity index (χ4v) is 2.93. The van der Waals surface area contributed by atoms with E-state index in [0.717, 1.165) is 31.5 Å². The standard InChI is InChI=1S/C10H5N5S/c1-5-7-8-6(2-12-3-13-8)15-10(7)16-9(5)14-4-11-1/h1-4,15H. The van der Waals surface area contributed by atoms with E-state index >= 15 is 0 Å². The van der Waals surface area contributed by atoms with Crippen LogP contribution in [0.25, 0.3) is 31.5 Å². The van der Waals surface area contributed by atoms with Gasteiger partial charge in [-0.1, -0.05) is 11.3 Å². The Morgan fingerprint density at radius 2 is 1.94 bits per heavy atom. The molecule has 76 valence electrons. The zero-order chi connectivity index (χ0) is 10.5. The topological polar surface area (TPSA) is 67.3 Å². The third kappa shape index (κ3) is 0.892. The maximum Gasteiger partial charge on any atom is 0.129 e. The summed E-state index contributed by atoms with van der Waals surface area (Å²) in [4.78, 5) is 22.0. The minimum Gasteiger partial charge on any atom is -0.344 e. The lowest BCUT2D eigenvalue weighted by Crippen LogP contribution is -1.78. The molecule has 0 amide bonds. The monoisotopic (exact) mass is 227 g/mol. The van der Waals surface area contributed by atoms with Crippen LogP contribution in [0.2, 0.25) is 0 Å². The van der Waals surface area contributed by atoms with Gasteiger partial charge in [0.15, 0.2) is 0 Å². The van der Waals surface area contributed by atoms with Gasteiger partial charge in [-0.15, -0.1) is 0 Å². The van der Waals surface area contributed by atoms with Gasteiger partial charge in [0.1, 0.15) is 27.8 Å². The van der Waals surface area contributed by atoms with Crippen molar-refractivity contribution in [2.24, 2.45) is 0 Å². The molecule has 6 heteroatoms. The Morgan fingerprint density at radius 3 is 2.94 bits per heavy atom. The van der Waals surface area contributed by atoms with E-state index in [4.69, 9.17) is 0 Å². The maximum absolute atomic E-state index is 4.30. The fraction of sp³-hybridized carbons (Fsp3) is 0. The highest BCUT2D eigenvalue weighted by atomic mass is 32.1. The van der Waals surface area contributed by atoms with Crippen molar-refractivity contribution in [2.45, 2.75) is 0 Å². The first-order chi connectivity index (χ1) is 7.93. The number of aromatic nitrogens is 5. The van der Waals surface area contributed by atoms with E-state index in [9.17, 15) is 0 Å². The van der Waals surface area contributed by atoms with Crippen molar-refractivity contribution in [3.8, 4) is 0 Å². The third-order valence-corrected chi connectivity index (χ3v) is 3.60. The molecule has 16 heavy (non-hydrogen) atoms. The average Bonchev–Trinajstić information content (AvgIpc) is 2.83. The van der Waals surface area contributed by atoms with E-state index in [1.807, 2.05) is 6.20 Å². The van der Waals surface area contributed by atoms with Crippen LogP contribution in [0.4, 0.5) is 0 Å². The van der Waals surface area contributed by atoms with E-state index in [1.54, 1.807) is 30.2 Å². The maximum atomic E-state index is 4.30. The lowest BCUT2D eigenvalue weighted by molar-refractivity contribution is 1.22. The Bertz CT molecular complexity index is 750. The number of H-pyrrole nitrogens is 1. The molecule has 4 rings (SSSR count). The predicted molar refractivity (Wildman–Crippen MR) is 62.4 cm³/mol. The molecule has 4 heterocycles. The van der Waals surface area contributed by atoms with Gasteiger partial charge in [-0.2, -0.15) is 0 Å². The Kier molecular flexibility index (Phi) is 1.39. The Hall–Kier alpha value is -2.08. The number of thiophene rings is 1. The molecule has 0 unspecified atom stereocenters. The number of rotatable bonds is 0. The molecule has 4 aromatic rings. The fourth-order valence-electron chi connectivity index (χ4n) is 1.91. The van der Waals surface area contributed by atoms with Crippen LogP contribution in [0.1, 0.15) is 0 Å². The summed E-state index contributed by atoms with van der Waals surface area (Å²) >= 11 is 1.61. The molecule has 0 aliphatic carbocycles. The quantitative estimate of drug-likeness (QED) is 0.499. The Morgan fingerprint density at radius 1 is 1.06 bits per heavy atom. The van der Waals surface area contributed by atoms with Gasteiger partial charge in [-0.25, -0.2) is 19.9 Å². The van der Waals surface area contributed by atoms with Gasteiger partial charge in [0, 0.05) is 17.0 Å². The van der Waals surface area contributed by atoms with E-state index in [2.05, 4.69) is 24.9 Å². The van der Waals surface area contributed by atoms with Crippen LogP contribution < -0.4 is 0 Å². The van der Waals surface area contributed by atoms with Crippen LogP contribution in [0.15, 0.2) is 25.0 Å². The first-order valence-corrected chi connectivity index (χ1v) is 5.55. The number of aromatic amines is 1. The van der Waals surface area contributed by atoms with Crippen LogP contribution in [0.5, 0.6) is 0 Å². The summed E-state index contributed by atoms with van der Waals surface area (Å²) in [7, 11) is 0. The lowest BCUT2D eigenvalue weighted by atomic mass is 10.3. The molecule has 0 aromatic carbocycles. The zero-order valence-corrected chi connectivity index (χ0v) is 8.82. The van der Waals surface area contributed by atoms with Gasteiger partial charge in [-0.05, 0) is 0 Å². The molecule has 1 N–H and O–H groups in total. The van der Waals surface area contributed by atoms with E-state index in [0.29, 0.717) is 0 Å². The van der Waals surface area contributed by atoms with Gasteiger partial charge < -0.3 is 4.98 Å². The highest BCUT2D eigenvalue weighted by molar-refractivity contribution is 7.25. The summed E-state index contributed by atoms with van der Waals surface area (Å²) in [5, 5.41) is 2.14. The first kappa shape index (κ1) is 8.12. The summed E-state index contributed by atoms with van der Waals surface area (Å²) in [5.74, 6) is 0. The van der Waals surface area contributed by atoms with Crippen molar-refractivity contribution in [2.75, 3.05) is 0 Å². The van der Waals surface area contributed by atoms with E-state index in [1.165, 1.54) is 0 Å². The van der Waals surface area contributed by atoms with Crippen molar-refractivity contribution in [1.82, 2.24) is 24.9 Å². The van der Waals surface area contributed by atoms with Gasteiger partial charge in [0.25, 0.3) is 0 Å². The molecular formula is C10H5N5S. The molecule has 0 bridgehead atoms. The number of nitrogens with zero attached hydrogens (tertiary/aromatic N) is 4. The van der Waals surface area contributed by atoms with E-state index < -0.39 is 0 Å². The summed E-state index contributed by atoms with van der Waals surface area (Å²) in [6.07, 6.45) is 6.74. The van der Waals surface area contributed by atoms with E-state index in [-0.39, 0.29) is 0 Å². The molecule has 0 saturated carbocycles. The molecule has 5 nitrogen and oxygen atoms in total. The molecule has 4 aromatic heterocycles. The molecule has 0 radical (unpaired) electrons. The normalized spacial score (nSPS) is 11.8. The van der Waals surface area contributed by atoms with Crippen molar-refractivity contribution in [3.63, 3.8) is 0 Å². The summed E-state index contributed by atoms with van der Waals surface area (Å²) in [5.41, 5.74) is 1.89. The zero-order valence-electron chi connectivity index (χ0n) is 8.01. The minimum absolute atomic E-state index is 0.936. The third-order valence-electron chi connectivity index (χ3n) is 2.57. The molecule has 0 atom stereocenters. The highest BCUT2D eigenvalue weighted by Gasteiger charge is 2.12. The molecule has 0 aliphatic rings. The van der Waals surface area contributed by atoms with Crippen molar-refractivity contribution in [1.29, 1.82) is 0 Å². The second-order valence-corrected chi connectivity index (χ2v) is 4.46. The van der Waals surface area contributed by atoms with Crippen LogP contribution in [0.3, 0.4) is 0 Å². The predicted octanol–water partition coefficient (Wildman–Crippen LogP) is 2.12. The smallest absolute Gasteiger partial charge is 0.129 e. The second-order valence-electron chi connectivity index (χ2n) is 3.46. The summed E-state index contributed by atoms with van der Waals surface area (Å²) < 4.78 is 0. The second kappa shape index (κ2) is 2.73. The number of fused-ring (bicyclic) bond motifs is 5. The van der Waals surface area contributed by atoms with Gasteiger partial charge in [-0.3, -0.25) is 0 Å². The van der Waals surface area contributed by atoms with Gasteiger partial charge >= 0.3 is 0 Å². The van der Waals surface area contributed by atoms with Crippen LogP contribution in [-0.2, 0) is 0 Å². The van der Waals surface area contributed by atoms with Crippen LogP contribution >= 0.6 is 11.3 Å². The lowest BCUT2D eigenvalue weighted by Gasteiger charge is -1.88. The van der Waals surface area contributed by atoms with Gasteiger partial charge in [0.05, 0.1) is 11.7 Å². The van der Waals surface area contributed by atoms with Gasteiger partial charge in [0.2, 0.25) is 0 Å². The van der Waals surface area contributed by atoms with Crippen molar-refractivity contribution < 1.29 is 0 Å². The average molecular weight is 227 g/mol. The molecular weight excluding hydrogens is 222 g/mol. The van der Waals surface area contributed by atoms with Crippen molar-refractivity contribution in [3.05, 3.63) is 25.0 Å². The molecule has 0 saturated heterocycles. The number of nitrogens with one attached hydrogen (secondary N) is 1. The molecule has 0 spiro atoms. The summed E-state index contributed by atoms with van der Waals surface area (Å²) in [6, 6.07) is 0. The SMILES string of the molecule is c1ncc2c(n1)sc1[nH]c3cncnc3c12. The van der Waals surface area contributed by atoms with Crippen LogP contribution in [0, 0.1) is 0 Å². The number of hydrogen-bond donors (Lipinski definition) is 1. The van der Waals surface area contributed by atoms with Crippen molar-refractivity contribution >= 4 is 42.8 Å². The molecule has 0 fully saturated rings. The Balaban J connectivity index is 2.38.